The maximum atomic E-state index is 2.86. The summed E-state index contributed by atoms with van der Waals surface area (Å²) >= 11 is 0. The van der Waals surface area contributed by atoms with Crippen molar-refractivity contribution in [2.24, 2.45) is 0 Å². The van der Waals surface area contributed by atoms with Crippen LogP contribution < -0.4 is 0 Å². The van der Waals surface area contributed by atoms with Crippen LogP contribution in [0.15, 0.2) is 24.5 Å². The van der Waals surface area contributed by atoms with Crippen molar-refractivity contribution in [2.45, 2.75) is 136 Å². The van der Waals surface area contributed by atoms with E-state index in [0.29, 0.717) is 7.92 Å². The molecule has 0 amide bonds. The molecule has 0 spiro atoms. The Bertz CT molecular complexity index is 321. The fourth-order valence-corrected chi connectivity index (χ4v) is 6.64. The van der Waals surface area contributed by atoms with Gasteiger partial charge in [-0.3, -0.25) is 0 Å². The third-order valence-corrected chi connectivity index (χ3v) is 8.83. The minimum absolute atomic E-state index is 0.366. The first kappa shape index (κ1) is 29.7. The summed E-state index contributed by atoms with van der Waals surface area (Å²) in [5.74, 6) is 0. The third kappa shape index (κ3) is 24.0. The van der Waals surface area contributed by atoms with Gasteiger partial charge in [0, 0.05) is 12.4 Å². The normalized spacial score (nSPS) is 10.9. The summed E-state index contributed by atoms with van der Waals surface area (Å²) in [6.45, 7) is 6.96. The molecule has 0 radical (unpaired) electrons. The van der Waals surface area contributed by atoms with Crippen LogP contribution >= 0.6 is 7.92 Å². The van der Waals surface area contributed by atoms with Gasteiger partial charge in [0.15, 0.2) is 0 Å². The van der Waals surface area contributed by atoms with E-state index in [4.69, 9.17) is 0 Å². The molecule has 0 aliphatic heterocycles. The first-order chi connectivity index (χ1) is 14.8. The Balaban J connectivity index is 0.00000145. The number of aromatic nitrogens is 1. The smallest absolute Gasteiger partial charge is 0.000496 e. The molecule has 0 bridgehead atoms. The van der Waals surface area contributed by atoms with E-state index in [0.717, 1.165) is 0 Å². The standard InChI is InChI=1S/C24H51P.C4H5N/c1-4-7-10-13-16-19-22-25(23-20-17-14-11-8-5-2)24-21-18-15-12-9-6-3;1-2-4-5-3-1/h4-24H2,1-3H3;1-5H. The van der Waals surface area contributed by atoms with Gasteiger partial charge in [0.2, 0.25) is 0 Å². The first-order valence-electron chi connectivity index (χ1n) is 13.6. The molecule has 0 aromatic carbocycles. The van der Waals surface area contributed by atoms with Crippen molar-refractivity contribution in [3.63, 3.8) is 0 Å². The Morgan fingerprint density at radius 3 is 1.00 bits per heavy atom. The summed E-state index contributed by atoms with van der Waals surface area (Å²) in [5.41, 5.74) is 0. The zero-order valence-corrected chi connectivity index (χ0v) is 22.0. The monoisotopic (exact) mass is 437 g/mol. The van der Waals surface area contributed by atoms with Gasteiger partial charge in [0.1, 0.15) is 0 Å². The average molecular weight is 438 g/mol. The summed E-state index contributed by atoms with van der Waals surface area (Å²) in [6, 6.07) is 3.89. The van der Waals surface area contributed by atoms with Gasteiger partial charge in [-0.15, -0.1) is 7.92 Å². The molecule has 0 atom stereocenters. The number of nitrogens with one attached hydrogen (secondary N) is 1. The lowest BCUT2D eigenvalue weighted by molar-refractivity contribution is 0.617. The molecule has 1 aromatic heterocycles. The van der Waals surface area contributed by atoms with E-state index in [1.807, 2.05) is 24.5 Å². The zero-order valence-electron chi connectivity index (χ0n) is 21.1. The van der Waals surface area contributed by atoms with Crippen LogP contribution in [0.2, 0.25) is 0 Å². The zero-order chi connectivity index (χ0) is 22.0. The summed E-state index contributed by atoms with van der Waals surface area (Å²) < 4.78 is 0. The summed E-state index contributed by atoms with van der Waals surface area (Å²) in [4.78, 5) is 2.86. The molecular weight excluding hydrogens is 381 g/mol. The van der Waals surface area contributed by atoms with Crippen LogP contribution in [-0.4, -0.2) is 23.5 Å². The van der Waals surface area contributed by atoms with E-state index in [-0.39, 0.29) is 0 Å². The Hall–Kier alpha value is -0.290. The van der Waals surface area contributed by atoms with Gasteiger partial charge in [0.05, 0.1) is 0 Å². The lowest BCUT2D eigenvalue weighted by Gasteiger charge is -2.18. The second-order valence-electron chi connectivity index (χ2n) is 9.03. The second kappa shape index (κ2) is 26.7. The van der Waals surface area contributed by atoms with Gasteiger partial charge in [-0.25, -0.2) is 0 Å². The fraction of sp³-hybridized carbons (Fsp3) is 0.857. The van der Waals surface area contributed by atoms with Crippen LogP contribution in [-0.2, 0) is 0 Å². The van der Waals surface area contributed by atoms with Gasteiger partial charge < -0.3 is 4.98 Å². The van der Waals surface area contributed by atoms with Crippen molar-refractivity contribution in [3.8, 4) is 0 Å². The molecular formula is C28H56NP. The van der Waals surface area contributed by atoms with E-state index in [1.54, 1.807) is 18.5 Å². The fourth-order valence-electron chi connectivity index (χ4n) is 3.96. The number of rotatable bonds is 21. The first-order valence-corrected chi connectivity index (χ1v) is 15.5. The van der Waals surface area contributed by atoms with E-state index >= 15 is 0 Å². The van der Waals surface area contributed by atoms with Crippen molar-refractivity contribution in [3.05, 3.63) is 24.5 Å². The van der Waals surface area contributed by atoms with Crippen LogP contribution in [0.1, 0.15) is 136 Å². The van der Waals surface area contributed by atoms with Crippen molar-refractivity contribution in [2.75, 3.05) is 18.5 Å². The Labute approximate surface area is 192 Å². The highest BCUT2D eigenvalue weighted by atomic mass is 31.1. The van der Waals surface area contributed by atoms with Gasteiger partial charge in [-0.05, 0) is 49.9 Å². The molecule has 0 saturated carbocycles. The van der Waals surface area contributed by atoms with Gasteiger partial charge >= 0.3 is 0 Å². The topological polar surface area (TPSA) is 15.8 Å². The van der Waals surface area contributed by atoms with E-state index < -0.39 is 0 Å². The lowest BCUT2D eigenvalue weighted by atomic mass is 10.1. The predicted molar refractivity (Wildman–Crippen MR) is 142 cm³/mol. The van der Waals surface area contributed by atoms with Crippen molar-refractivity contribution in [1.82, 2.24) is 4.98 Å². The number of hydrogen-bond acceptors (Lipinski definition) is 0. The van der Waals surface area contributed by atoms with Crippen LogP contribution in [0.5, 0.6) is 0 Å². The largest absolute Gasteiger partial charge is 0.368 e. The molecule has 1 aromatic rings. The molecule has 178 valence electrons. The Morgan fingerprint density at radius 1 is 0.433 bits per heavy atom. The molecule has 1 nitrogen and oxygen atoms in total. The maximum absolute atomic E-state index is 2.86. The van der Waals surface area contributed by atoms with Crippen LogP contribution in [0.4, 0.5) is 0 Å². The quantitative estimate of drug-likeness (QED) is 0.145. The van der Waals surface area contributed by atoms with Crippen LogP contribution in [0.25, 0.3) is 0 Å². The molecule has 30 heavy (non-hydrogen) atoms. The van der Waals surface area contributed by atoms with Crippen LogP contribution in [0, 0.1) is 0 Å². The SMILES string of the molecule is CCCCCCCCP(CCCCCCCC)CCCCCCCC.c1cc[nH]c1. The lowest BCUT2D eigenvalue weighted by Crippen LogP contribution is -1.97. The molecule has 1 rings (SSSR count). The molecule has 0 fully saturated rings. The molecule has 0 saturated heterocycles. The number of unbranched alkanes of at least 4 members (excludes halogenated alkanes) is 15. The second-order valence-corrected chi connectivity index (χ2v) is 11.7. The van der Waals surface area contributed by atoms with Crippen molar-refractivity contribution >= 4 is 7.92 Å². The van der Waals surface area contributed by atoms with Crippen LogP contribution in [0.3, 0.4) is 0 Å². The highest BCUT2D eigenvalue weighted by Gasteiger charge is 2.07. The molecule has 1 N–H and O–H groups in total. The highest BCUT2D eigenvalue weighted by Crippen LogP contribution is 2.39. The summed E-state index contributed by atoms with van der Waals surface area (Å²) in [6.07, 6.45) is 35.0. The minimum Gasteiger partial charge on any atom is -0.368 e. The molecule has 0 aliphatic carbocycles. The summed E-state index contributed by atoms with van der Waals surface area (Å²) in [7, 11) is 0.366. The average Bonchev–Trinajstić information content (AvgIpc) is 3.35. The Morgan fingerprint density at radius 2 is 0.733 bits per heavy atom. The van der Waals surface area contributed by atoms with E-state index in [9.17, 15) is 0 Å². The van der Waals surface area contributed by atoms with E-state index in [1.165, 1.54) is 116 Å². The number of aromatic amines is 1. The predicted octanol–water partition coefficient (Wildman–Crippen LogP) is 10.6. The third-order valence-electron chi connectivity index (χ3n) is 5.98. The van der Waals surface area contributed by atoms with Crippen molar-refractivity contribution in [1.29, 1.82) is 0 Å². The molecule has 2 heteroatoms. The number of H-pyrrole nitrogens is 1. The highest BCUT2D eigenvalue weighted by molar-refractivity contribution is 7.57. The van der Waals surface area contributed by atoms with Gasteiger partial charge in [-0.2, -0.15) is 0 Å². The molecule has 1 heterocycles. The van der Waals surface area contributed by atoms with Crippen molar-refractivity contribution < 1.29 is 0 Å². The molecule has 0 aliphatic rings. The van der Waals surface area contributed by atoms with Gasteiger partial charge in [-0.1, -0.05) is 117 Å². The van der Waals surface area contributed by atoms with Gasteiger partial charge in [0.25, 0.3) is 0 Å². The maximum Gasteiger partial charge on any atom is 0.000496 e. The molecule has 0 unspecified atom stereocenters. The summed E-state index contributed by atoms with van der Waals surface area (Å²) in [5, 5.41) is 0. The minimum atomic E-state index is 0.366. The number of hydrogen-bond donors (Lipinski definition) is 1. The Kier molecular flexibility index (Phi) is 26.5. The van der Waals surface area contributed by atoms with E-state index in [2.05, 4.69) is 25.8 Å².